The monoisotopic (exact) mass is 362 g/mol. The Hall–Kier alpha value is -3.36. The number of carbonyl (C=O) groups excluding carboxylic acids is 1. The van der Waals surface area contributed by atoms with E-state index < -0.39 is 17.6 Å². The molecule has 0 saturated carbocycles. The van der Waals surface area contributed by atoms with Gasteiger partial charge in [0.1, 0.15) is 0 Å². The molecule has 0 fully saturated rings. The number of nitrogen functional groups attached to an aromatic ring is 1. The Morgan fingerprint density at radius 1 is 1.15 bits per heavy atom. The molecule has 2 aromatic heterocycles. The minimum atomic E-state index is -4.50. The average Bonchev–Trinajstić information content (AvgIpc) is 3.05. The van der Waals surface area contributed by atoms with E-state index in [1.807, 2.05) is 18.2 Å². The maximum absolute atomic E-state index is 12.5. The molecule has 0 spiro atoms. The van der Waals surface area contributed by atoms with Crippen molar-refractivity contribution in [2.24, 2.45) is 0 Å². The van der Waals surface area contributed by atoms with E-state index in [4.69, 9.17) is 5.73 Å². The number of halogens is 3. The first-order valence-corrected chi connectivity index (χ1v) is 7.59. The van der Waals surface area contributed by atoms with E-state index in [0.717, 1.165) is 22.1 Å². The summed E-state index contributed by atoms with van der Waals surface area (Å²) < 4.78 is 37.5. The highest BCUT2D eigenvalue weighted by Gasteiger charge is 2.32. The fraction of sp³-hybridized carbons (Fsp3) is 0.118. The minimum Gasteiger partial charge on any atom is -0.287 e. The number of nitrogens with zero attached hydrogens (tertiary/aromatic N) is 2. The molecule has 2 heterocycles. The smallest absolute Gasteiger partial charge is 0.287 e. The summed E-state index contributed by atoms with van der Waals surface area (Å²) in [5.41, 5.74) is 9.55. The van der Waals surface area contributed by atoms with Gasteiger partial charge in [-0.1, -0.05) is 24.3 Å². The Kier molecular flexibility index (Phi) is 4.61. The number of carbonyl (C=O) groups is 1. The fourth-order valence-corrected chi connectivity index (χ4v) is 2.31. The number of hydrogen-bond acceptors (Lipinski definition) is 3. The molecular formula is C17H15F3N5O+. The van der Waals surface area contributed by atoms with Gasteiger partial charge in [-0.25, -0.2) is 10.4 Å². The van der Waals surface area contributed by atoms with Crippen LogP contribution in [-0.4, -0.2) is 15.8 Å². The standard InChI is InChI=1S/C17H14F3N5O/c18-17(19,20)14-9-23-25(10-14)24-16(26)7-11-1-3-12(4-2-11)13-5-6-15(21)22-8-13/h1-6,8-10H,7H2,(H2,21,22)(H,24,26)/p+1. The summed E-state index contributed by atoms with van der Waals surface area (Å²) in [5, 5.41) is 3.48. The highest BCUT2D eigenvalue weighted by molar-refractivity contribution is 5.85. The van der Waals surface area contributed by atoms with Crippen molar-refractivity contribution in [1.29, 1.82) is 0 Å². The molecule has 6 nitrogen and oxygen atoms in total. The first-order chi connectivity index (χ1) is 12.3. The van der Waals surface area contributed by atoms with Crippen LogP contribution >= 0.6 is 0 Å². The molecule has 0 saturated heterocycles. The van der Waals surface area contributed by atoms with E-state index in [1.165, 1.54) is 0 Å². The molecule has 0 aliphatic carbocycles. The van der Waals surface area contributed by atoms with Crippen LogP contribution in [0.5, 0.6) is 0 Å². The van der Waals surface area contributed by atoms with E-state index >= 15 is 0 Å². The van der Waals surface area contributed by atoms with Gasteiger partial charge in [-0.3, -0.25) is 10.5 Å². The first kappa shape index (κ1) is 17.5. The highest BCUT2D eigenvalue weighted by atomic mass is 19.4. The van der Waals surface area contributed by atoms with Gasteiger partial charge in [-0.2, -0.15) is 23.1 Å². The molecule has 4 N–H and O–H groups in total. The minimum absolute atomic E-state index is 0.00928. The molecule has 3 aromatic rings. The lowest BCUT2D eigenvalue weighted by Crippen LogP contribution is -2.24. The zero-order valence-corrected chi connectivity index (χ0v) is 13.4. The molecule has 0 aliphatic heterocycles. The van der Waals surface area contributed by atoms with Crippen molar-refractivity contribution in [3.63, 3.8) is 0 Å². The van der Waals surface area contributed by atoms with Crippen molar-refractivity contribution in [3.05, 3.63) is 66.1 Å². The quantitative estimate of drug-likeness (QED) is 0.746. The van der Waals surface area contributed by atoms with Crippen LogP contribution in [0.15, 0.2) is 55.0 Å². The molecule has 0 bridgehead atoms. The molecular weight excluding hydrogens is 347 g/mol. The predicted molar refractivity (Wildman–Crippen MR) is 88.1 cm³/mol. The fourth-order valence-electron chi connectivity index (χ4n) is 2.31. The number of H-pyrrole nitrogens is 1. The lowest BCUT2D eigenvalue weighted by atomic mass is 10.0. The Labute approximate surface area is 146 Å². The normalized spacial score (nSPS) is 11.3. The number of benzene rings is 1. The zero-order chi connectivity index (χ0) is 18.7. The van der Waals surface area contributed by atoms with E-state index in [1.54, 1.807) is 24.4 Å². The second-order valence-electron chi connectivity index (χ2n) is 5.61. The van der Waals surface area contributed by atoms with E-state index in [2.05, 4.69) is 15.5 Å². The Bertz CT molecular complexity index is 901. The van der Waals surface area contributed by atoms with Crippen LogP contribution in [0.25, 0.3) is 11.1 Å². The number of alkyl halides is 3. The number of nitrogens with one attached hydrogen (secondary N) is 2. The van der Waals surface area contributed by atoms with Crippen LogP contribution in [-0.2, 0) is 17.4 Å². The number of anilines is 1. The number of rotatable bonds is 4. The van der Waals surface area contributed by atoms with Crippen LogP contribution in [0.2, 0.25) is 0 Å². The van der Waals surface area contributed by atoms with Crippen LogP contribution in [0.1, 0.15) is 11.1 Å². The van der Waals surface area contributed by atoms with Crippen molar-refractivity contribution in [2.75, 3.05) is 11.2 Å². The van der Waals surface area contributed by atoms with Crippen molar-refractivity contribution in [3.8, 4) is 11.1 Å². The van der Waals surface area contributed by atoms with Crippen LogP contribution in [0.4, 0.5) is 19.0 Å². The SMILES string of the molecule is Nc1ccc(-c2ccc(CC(=O)Nn3cc(C(F)(F)F)cn3)cc2)c[nH+]1. The van der Waals surface area contributed by atoms with Crippen molar-refractivity contribution in [2.45, 2.75) is 12.6 Å². The Morgan fingerprint density at radius 3 is 2.42 bits per heavy atom. The molecule has 1 aromatic carbocycles. The molecule has 26 heavy (non-hydrogen) atoms. The van der Waals surface area contributed by atoms with Gasteiger partial charge in [0, 0.05) is 11.6 Å². The Morgan fingerprint density at radius 2 is 1.85 bits per heavy atom. The van der Waals surface area contributed by atoms with Gasteiger partial charge in [-0.05, 0) is 17.2 Å². The molecule has 3 rings (SSSR count). The van der Waals surface area contributed by atoms with Gasteiger partial charge in [0.2, 0.25) is 5.91 Å². The number of hydrogen-bond donors (Lipinski definition) is 2. The number of pyridine rings is 1. The van der Waals surface area contributed by atoms with Crippen LogP contribution in [0.3, 0.4) is 0 Å². The molecule has 0 aliphatic rings. The summed E-state index contributed by atoms with van der Waals surface area (Å²) in [6, 6.07) is 10.8. The summed E-state index contributed by atoms with van der Waals surface area (Å²) in [6.07, 6.45) is -1.35. The van der Waals surface area contributed by atoms with E-state index in [-0.39, 0.29) is 6.42 Å². The molecule has 0 unspecified atom stereocenters. The van der Waals surface area contributed by atoms with Gasteiger partial charge in [0.05, 0.1) is 30.6 Å². The maximum Gasteiger partial charge on any atom is 0.419 e. The van der Waals surface area contributed by atoms with Crippen molar-refractivity contribution < 1.29 is 22.9 Å². The second-order valence-corrected chi connectivity index (χ2v) is 5.61. The van der Waals surface area contributed by atoms with Gasteiger partial charge < -0.3 is 0 Å². The predicted octanol–water partition coefficient (Wildman–Crippen LogP) is 2.28. The topological polar surface area (TPSA) is 87.1 Å². The first-order valence-electron chi connectivity index (χ1n) is 7.59. The lowest BCUT2D eigenvalue weighted by molar-refractivity contribution is -0.359. The maximum atomic E-state index is 12.5. The molecule has 1 amide bonds. The lowest BCUT2D eigenvalue weighted by Gasteiger charge is -2.06. The van der Waals surface area contributed by atoms with Crippen LogP contribution < -0.4 is 16.1 Å². The number of amides is 1. The molecule has 0 radical (unpaired) electrons. The van der Waals surface area contributed by atoms with Crippen LogP contribution in [0, 0.1) is 0 Å². The molecule has 0 atom stereocenters. The van der Waals surface area contributed by atoms with E-state index in [9.17, 15) is 18.0 Å². The number of aromatic amines is 1. The van der Waals surface area contributed by atoms with E-state index in [0.29, 0.717) is 17.6 Å². The van der Waals surface area contributed by atoms with Gasteiger partial charge in [0.15, 0.2) is 0 Å². The zero-order valence-electron chi connectivity index (χ0n) is 13.4. The van der Waals surface area contributed by atoms with Gasteiger partial charge in [-0.15, -0.1) is 0 Å². The molecule has 9 heteroatoms. The van der Waals surface area contributed by atoms with Gasteiger partial charge in [0.25, 0.3) is 5.82 Å². The number of nitrogens with two attached hydrogens (primary N) is 1. The summed E-state index contributed by atoms with van der Waals surface area (Å²) >= 11 is 0. The summed E-state index contributed by atoms with van der Waals surface area (Å²) in [7, 11) is 0. The average molecular weight is 362 g/mol. The summed E-state index contributed by atoms with van der Waals surface area (Å²) in [5.74, 6) is 0.0738. The third-order valence-electron chi connectivity index (χ3n) is 3.64. The number of aromatic nitrogens is 3. The van der Waals surface area contributed by atoms with Crippen molar-refractivity contribution in [1.82, 2.24) is 9.89 Å². The van der Waals surface area contributed by atoms with Gasteiger partial charge >= 0.3 is 6.18 Å². The van der Waals surface area contributed by atoms with Crippen molar-refractivity contribution >= 4 is 11.7 Å². The third-order valence-corrected chi connectivity index (χ3v) is 3.64. The largest absolute Gasteiger partial charge is 0.419 e. The second kappa shape index (κ2) is 6.87. The summed E-state index contributed by atoms with van der Waals surface area (Å²) in [6.45, 7) is 0. The molecule has 134 valence electrons. The Balaban J connectivity index is 1.62. The highest BCUT2D eigenvalue weighted by Crippen LogP contribution is 2.28. The summed E-state index contributed by atoms with van der Waals surface area (Å²) in [4.78, 5) is 15.6. The third kappa shape index (κ3) is 4.18.